The van der Waals surface area contributed by atoms with E-state index in [4.69, 9.17) is 0 Å². The molecule has 2 aliphatic carbocycles. The first-order valence-electron chi connectivity index (χ1n) is 15.8. The van der Waals surface area contributed by atoms with Crippen LogP contribution in [0.15, 0.2) is 133 Å². The van der Waals surface area contributed by atoms with Crippen molar-refractivity contribution in [1.82, 2.24) is 0 Å². The summed E-state index contributed by atoms with van der Waals surface area (Å²) in [5.41, 5.74) is 16.4. The van der Waals surface area contributed by atoms with E-state index in [0.29, 0.717) is 0 Å². The Hall–Kier alpha value is -4.94. The minimum absolute atomic E-state index is 0.0939. The molecule has 0 heterocycles. The van der Waals surface area contributed by atoms with E-state index in [2.05, 4.69) is 161 Å². The van der Waals surface area contributed by atoms with Crippen molar-refractivity contribution in [3.8, 4) is 44.5 Å². The smallest absolute Gasteiger partial charge is 0.0165 e. The van der Waals surface area contributed by atoms with Gasteiger partial charge in [0.2, 0.25) is 0 Å². The first-order chi connectivity index (χ1) is 21.4. The van der Waals surface area contributed by atoms with Crippen LogP contribution >= 0.6 is 0 Å². The molecule has 0 spiro atoms. The van der Waals surface area contributed by atoms with Gasteiger partial charge >= 0.3 is 0 Å². The molecule has 210 valence electrons. The fraction of sp³-hybridized carbons (Fsp3) is 0.136. The zero-order chi connectivity index (χ0) is 29.8. The first kappa shape index (κ1) is 25.5. The molecule has 7 aromatic rings. The fourth-order valence-electron chi connectivity index (χ4n) is 8.77. The Morgan fingerprint density at radius 3 is 1.36 bits per heavy atom. The number of fused-ring (bicyclic) bond motifs is 9. The zero-order valence-electron chi connectivity index (χ0n) is 25.7. The summed E-state index contributed by atoms with van der Waals surface area (Å²) in [5.74, 6) is 0. The number of hydrogen-bond acceptors (Lipinski definition) is 0. The van der Waals surface area contributed by atoms with E-state index in [1.807, 2.05) is 0 Å². The maximum atomic E-state index is 2.56. The standard InChI is InChI=1S/C44H34/c1-43(2)36-24-14-12-18-28(36)34-26-35(42-40(41(34)43)33-23-13-15-25-37(33)44(42,3)4)39-31-21-10-8-19-29(31)38(27-16-6-5-7-17-27)30-20-9-11-22-32(30)39/h5-26H,1-4H3. The Balaban J connectivity index is 1.51. The maximum absolute atomic E-state index is 2.56. The average Bonchev–Trinajstić information content (AvgIpc) is 3.43. The summed E-state index contributed by atoms with van der Waals surface area (Å²) in [4.78, 5) is 0. The second-order valence-corrected chi connectivity index (χ2v) is 13.6. The third-order valence-electron chi connectivity index (χ3n) is 10.6. The van der Waals surface area contributed by atoms with Crippen molar-refractivity contribution < 1.29 is 0 Å². The predicted octanol–water partition coefficient (Wildman–Crippen LogP) is 11.9. The van der Waals surface area contributed by atoms with Crippen LogP contribution in [0.5, 0.6) is 0 Å². The van der Waals surface area contributed by atoms with Gasteiger partial charge in [-0.25, -0.2) is 0 Å². The molecule has 0 nitrogen and oxygen atoms in total. The van der Waals surface area contributed by atoms with Crippen LogP contribution in [-0.2, 0) is 10.8 Å². The molecule has 2 aliphatic rings. The molecule has 0 saturated heterocycles. The van der Waals surface area contributed by atoms with Crippen molar-refractivity contribution in [3.63, 3.8) is 0 Å². The fourth-order valence-corrected chi connectivity index (χ4v) is 8.77. The van der Waals surface area contributed by atoms with Gasteiger partial charge in [0, 0.05) is 10.8 Å². The molecule has 7 aromatic carbocycles. The highest BCUT2D eigenvalue weighted by atomic mass is 14.5. The first-order valence-corrected chi connectivity index (χ1v) is 15.8. The SMILES string of the molecule is CC1(C)c2ccccc2-c2cc(-c3c4ccccc4c(-c4ccccc4)c4ccccc34)c3c(c21)-c1ccccc1C3(C)C. The minimum Gasteiger partial charge on any atom is -0.0622 e. The second-order valence-electron chi connectivity index (χ2n) is 13.6. The van der Waals surface area contributed by atoms with Gasteiger partial charge in [-0.05, 0) is 94.4 Å². The van der Waals surface area contributed by atoms with Crippen LogP contribution in [0.25, 0.3) is 66.1 Å². The van der Waals surface area contributed by atoms with Crippen LogP contribution in [0, 0.1) is 0 Å². The molecule has 0 aliphatic heterocycles. The largest absolute Gasteiger partial charge is 0.0622 e. The van der Waals surface area contributed by atoms with Crippen LogP contribution in [0.3, 0.4) is 0 Å². The molecule has 0 amide bonds. The lowest BCUT2D eigenvalue weighted by molar-refractivity contribution is 0.649. The molecule has 44 heavy (non-hydrogen) atoms. The van der Waals surface area contributed by atoms with Crippen molar-refractivity contribution >= 4 is 21.5 Å². The highest BCUT2D eigenvalue weighted by Gasteiger charge is 2.46. The van der Waals surface area contributed by atoms with Gasteiger partial charge in [0.25, 0.3) is 0 Å². The van der Waals surface area contributed by atoms with Gasteiger partial charge in [-0.15, -0.1) is 0 Å². The van der Waals surface area contributed by atoms with Gasteiger partial charge in [0.05, 0.1) is 0 Å². The summed E-state index contributed by atoms with van der Waals surface area (Å²) in [5, 5.41) is 5.22. The molecule has 0 saturated carbocycles. The highest BCUT2D eigenvalue weighted by Crippen LogP contribution is 2.62. The Morgan fingerprint density at radius 2 is 0.773 bits per heavy atom. The second kappa shape index (κ2) is 8.80. The molecule has 0 bridgehead atoms. The Bertz CT molecular complexity index is 2260. The maximum Gasteiger partial charge on any atom is 0.0165 e. The van der Waals surface area contributed by atoms with Crippen LogP contribution in [0.1, 0.15) is 49.9 Å². The van der Waals surface area contributed by atoms with Crippen molar-refractivity contribution in [2.24, 2.45) is 0 Å². The summed E-state index contributed by atoms with van der Waals surface area (Å²) < 4.78 is 0. The summed E-state index contributed by atoms with van der Waals surface area (Å²) >= 11 is 0. The summed E-state index contributed by atoms with van der Waals surface area (Å²) in [6, 6.07) is 49.8. The van der Waals surface area contributed by atoms with Gasteiger partial charge in [0.15, 0.2) is 0 Å². The third-order valence-corrected chi connectivity index (χ3v) is 10.6. The zero-order valence-corrected chi connectivity index (χ0v) is 25.7. The molecule has 0 aromatic heterocycles. The monoisotopic (exact) mass is 562 g/mol. The van der Waals surface area contributed by atoms with Crippen molar-refractivity contribution in [2.45, 2.75) is 38.5 Å². The summed E-state index contributed by atoms with van der Waals surface area (Å²) in [6.45, 7) is 9.72. The van der Waals surface area contributed by atoms with Gasteiger partial charge in [-0.1, -0.05) is 155 Å². The average molecular weight is 563 g/mol. The van der Waals surface area contributed by atoms with Crippen LogP contribution in [-0.4, -0.2) is 0 Å². The molecule has 0 unspecified atom stereocenters. The molecule has 0 heteroatoms. The number of hydrogen-bond donors (Lipinski definition) is 0. The van der Waals surface area contributed by atoms with Crippen molar-refractivity contribution in [3.05, 3.63) is 156 Å². The predicted molar refractivity (Wildman–Crippen MR) is 187 cm³/mol. The Morgan fingerprint density at radius 1 is 0.341 bits per heavy atom. The Labute approximate surface area is 259 Å². The lowest BCUT2D eigenvalue weighted by Crippen LogP contribution is -2.19. The molecule has 0 radical (unpaired) electrons. The van der Waals surface area contributed by atoms with E-state index >= 15 is 0 Å². The molecule has 0 fully saturated rings. The highest BCUT2D eigenvalue weighted by molar-refractivity contribution is 6.22. The Kier molecular flexibility index (Phi) is 5.11. The minimum atomic E-state index is -0.151. The van der Waals surface area contributed by atoms with E-state index in [1.165, 1.54) is 88.3 Å². The topological polar surface area (TPSA) is 0 Å². The lowest BCUT2D eigenvalue weighted by atomic mass is 9.73. The lowest BCUT2D eigenvalue weighted by Gasteiger charge is -2.30. The van der Waals surface area contributed by atoms with Crippen LogP contribution in [0.4, 0.5) is 0 Å². The number of benzene rings is 7. The molecule has 9 rings (SSSR count). The van der Waals surface area contributed by atoms with E-state index in [-0.39, 0.29) is 10.8 Å². The van der Waals surface area contributed by atoms with Crippen molar-refractivity contribution in [1.29, 1.82) is 0 Å². The van der Waals surface area contributed by atoms with Gasteiger partial charge in [0.1, 0.15) is 0 Å². The summed E-state index contributed by atoms with van der Waals surface area (Å²) in [6.07, 6.45) is 0. The molecule has 0 N–H and O–H groups in total. The van der Waals surface area contributed by atoms with Gasteiger partial charge < -0.3 is 0 Å². The molecular formula is C44H34. The van der Waals surface area contributed by atoms with E-state index < -0.39 is 0 Å². The normalized spacial score (nSPS) is 15.2. The van der Waals surface area contributed by atoms with E-state index in [0.717, 1.165) is 0 Å². The van der Waals surface area contributed by atoms with Crippen molar-refractivity contribution in [2.75, 3.05) is 0 Å². The van der Waals surface area contributed by atoms with E-state index in [9.17, 15) is 0 Å². The molecular weight excluding hydrogens is 528 g/mol. The summed E-state index contributed by atoms with van der Waals surface area (Å²) in [7, 11) is 0. The third kappa shape index (κ3) is 3.18. The number of rotatable bonds is 2. The van der Waals surface area contributed by atoms with E-state index in [1.54, 1.807) is 0 Å². The van der Waals surface area contributed by atoms with Crippen LogP contribution in [0.2, 0.25) is 0 Å². The van der Waals surface area contributed by atoms with Gasteiger partial charge in [-0.3, -0.25) is 0 Å². The van der Waals surface area contributed by atoms with Crippen LogP contribution < -0.4 is 0 Å². The molecule has 0 atom stereocenters. The quantitative estimate of drug-likeness (QED) is 0.184. The van der Waals surface area contributed by atoms with Gasteiger partial charge in [-0.2, -0.15) is 0 Å².